The number of likely N-dealkylation sites (N-methyl/N-ethyl adjacent to an activating group) is 2. The summed E-state index contributed by atoms with van der Waals surface area (Å²) in [6, 6.07) is 11.0. The molecule has 2 N–H and O–H groups in total. The van der Waals surface area contributed by atoms with Crippen LogP contribution < -0.4 is 5.73 Å². The maximum atomic E-state index is 6.54. The predicted molar refractivity (Wildman–Crippen MR) is 92.4 cm³/mol. The van der Waals surface area contributed by atoms with Crippen LogP contribution in [0, 0.1) is 5.41 Å². The van der Waals surface area contributed by atoms with E-state index in [1.54, 1.807) is 0 Å². The van der Waals surface area contributed by atoms with Gasteiger partial charge in [0.25, 0.3) is 0 Å². The summed E-state index contributed by atoms with van der Waals surface area (Å²) in [5.41, 5.74) is 7.80. The van der Waals surface area contributed by atoms with Gasteiger partial charge in [-0.15, -0.1) is 0 Å². The first-order chi connectivity index (χ1) is 9.77. The Kier molecular flexibility index (Phi) is 6.85. The van der Waals surface area contributed by atoms with Crippen LogP contribution >= 0.6 is 0 Å². The molecule has 0 saturated heterocycles. The molecule has 21 heavy (non-hydrogen) atoms. The fourth-order valence-electron chi connectivity index (χ4n) is 2.96. The molecule has 120 valence electrons. The van der Waals surface area contributed by atoms with Gasteiger partial charge in [-0.25, -0.2) is 0 Å². The molecular formula is C18H33N3. The molecule has 0 bridgehead atoms. The largest absolute Gasteiger partial charge is 0.323 e. The van der Waals surface area contributed by atoms with Crippen LogP contribution in [-0.2, 0) is 0 Å². The van der Waals surface area contributed by atoms with Gasteiger partial charge in [0.15, 0.2) is 0 Å². The number of nitrogens with zero attached hydrogens (tertiary/aromatic N) is 2. The van der Waals surface area contributed by atoms with E-state index in [4.69, 9.17) is 5.73 Å². The van der Waals surface area contributed by atoms with Gasteiger partial charge in [0.2, 0.25) is 0 Å². The molecule has 1 aromatic rings. The van der Waals surface area contributed by atoms with Crippen molar-refractivity contribution in [3.8, 4) is 0 Å². The molecule has 0 spiro atoms. The zero-order valence-electron chi connectivity index (χ0n) is 14.6. The topological polar surface area (TPSA) is 32.5 Å². The number of hydrogen-bond acceptors (Lipinski definition) is 3. The third kappa shape index (κ3) is 5.42. The van der Waals surface area contributed by atoms with Crippen LogP contribution in [0.2, 0.25) is 0 Å². The molecule has 2 atom stereocenters. The van der Waals surface area contributed by atoms with Crippen LogP contribution in [0.1, 0.15) is 39.3 Å². The summed E-state index contributed by atoms with van der Waals surface area (Å²) in [6.07, 6.45) is 0. The van der Waals surface area contributed by atoms with Crippen molar-refractivity contribution in [1.82, 2.24) is 9.80 Å². The van der Waals surface area contributed by atoms with E-state index in [0.717, 1.165) is 19.6 Å². The van der Waals surface area contributed by atoms with Crippen molar-refractivity contribution in [3.05, 3.63) is 35.9 Å². The summed E-state index contributed by atoms with van der Waals surface area (Å²) < 4.78 is 0. The SMILES string of the molecule is CCN(CC(C)(C)C(N)c1ccccc1)C(C)CN(C)C. The van der Waals surface area contributed by atoms with E-state index in [0.29, 0.717) is 6.04 Å². The second-order valence-corrected chi connectivity index (χ2v) is 7.05. The monoisotopic (exact) mass is 291 g/mol. The Bertz CT molecular complexity index is 400. The summed E-state index contributed by atoms with van der Waals surface area (Å²) >= 11 is 0. The zero-order valence-corrected chi connectivity index (χ0v) is 14.6. The Morgan fingerprint density at radius 2 is 1.71 bits per heavy atom. The van der Waals surface area contributed by atoms with Gasteiger partial charge in [-0.2, -0.15) is 0 Å². The van der Waals surface area contributed by atoms with Crippen molar-refractivity contribution in [2.75, 3.05) is 33.7 Å². The van der Waals surface area contributed by atoms with Gasteiger partial charge in [-0.3, -0.25) is 4.90 Å². The first kappa shape index (κ1) is 18.1. The Labute approximate surface area is 131 Å². The Morgan fingerprint density at radius 3 is 2.19 bits per heavy atom. The fraction of sp³-hybridized carbons (Fsp3) is 0.667. The molecule has 0 amide bonds. The van der Waals surface area contributed by atoms with E-state index < -0.39 is 0 Å². The van der Waals surface area contributed by atoms with E-state index in [1.807, 2.05) is 6.07 Å². The third-order valence-corrected chi connectivity index (χ3v) is 4.27. The fourth-order valence-corrected chi connectivity index (χ4v) is 2.96. The lowest BCUT2D eigenvalue weighted by Crippen LogP contribution is -2.47. The van der Waals surface area contributed by atoms with Crippen molar-refractivity contribution in [2.24, 2.45) is 11.1 Å². The minimum Gasteiger partial charge on any atom is -0.323 e. The van der Waals surface area contributed by atoms with E-state index in [-0.39, 0.29) is 11.5 Å². The molecule has 0 heterocycles. The highest BCUT2D eigenvalue weighted by Gasteiger charge is 2.31. The standard InChI is InChI=1S/C18H33N3/c1-7-21(15(2)13-20(5)6)14-18(3,4)17(19)16-11-9-8-10-12-16/h8-12,15,17H,7,13-14,19H2,1-6H3. The van der Waals surface area contributed by atoms with Crippen molar-refractivity contribution in [1.29, 1.82) is 0 Å². The lowest BCUT2D eigenvalue weighted by molar-refractivity contribution is 0.108. The predicted octanol–water partition coefficient (Wildman–Crippen LogP) is 2.98. The molecule has 0 aliphatic carbocycles. The second-order valence-electron chi connectivity index (χ2n) is 7.05. The van der Waals surface area contributed by atoms with Gasteiger partial charge in [0.1, 0.15) is 0 Å². The van der Waals surface area contributed by atoms with E-state index in [2.05, 4.69) is 75.9 Å². The summed E-state index contributed by atoms with van der Waals surface area (Å²) in [4.78, 5) is 4.78. The lowest BCUT2D eigenvalue weighted by Gasteiger charge is -2.40. The third-order valence-electron chi connectivity index (χ3n) is 4.27. The zero-order chi connectivity index (χ0) is 16.0. The van der Waals surface area contributed by atoms with E-state index >= 15 is 0 Å². The molecule has 1 aromatic carbocycles. The molecule has 2 unspecified atom stereocenters. The van der Waals surface area contributed by atoms with Crippen LogP contribution in [0.3, 0.4) is 0 Å². The highest BCUT2D eigenvalue weighted by atomic mass is 15.2. The molecular weight excluding hydrogens is 258 g/mol. The van der Waals surface area contributed by atoms with Crippen LogP contribution in [-0.4, -0.2) is 49.6 Å². The van der Waals surface area contributed by atoms with Crippen molar-refractivity contribution in [3.63, 3.8) is 0 Å². The maximum Gasteiger partial charge on any atom is 0.0359 e. The molecule has 0 aromatic heterocycles. The highest BCUT2D eigenvalue weighted by molar-refractivity contribution is 5.20. The van der Waals surface area contributed by atoms with E-state index in [9.17, 15) is 0 Å². The Balaban J connectivity index is 2.77. The molecule has 0 radical (unpaired) electrons. The number of benzene rings is 1. The van der Waals surface area contributed by atoms with Crippen molar-refractivity contribution < 1.29 is 0 Å². The Hall–Kier alpha value is -0.900. The van der Waals surface area contributed by atoms with Gasteiger partial charge < -0.3 is 10.6 Å². The number of nitrogens with two attached hydrogens (primary N) is 1. The smallest absolute Gasteiger partial charge is 0.0359 e. The average Bonchev–Trinajstić information content (AvgIpc) is 2.44. The van der Waals surface area contributed by atoms with Gasteiger partial charge in [0.05, 0.1) is 0 Å². The maximum absolute atomic E-state index is 6.54. The van der Waals surface area contributed by atoms with E-state index in [1.165, 1.54) is 5.56 Å². The molecule has 1 rings (SSSR count). The summed E-state index contributed by atoms with van der Waals surface area (Å²) in [7, 11) is 4.26. The Morgan fingerprint density at radius 1 is 1.14 bits per heavy atom. The molecule has 0 aliphatic heterocycles. The van der Waals surface area contributed by atoms with Gasteiger partial charge in [0, 0.05) is 25.2 Å². The minimum absolute atomic E-state index is 0.0396. The first-order valence-electron chi connectivity index (χ1n) is 7.97. The van der Waals surface area contributed by atoms with Crippen LogP contribution in [0.25, 0.3) is 0 Å². The summed E-state index contributed by atoms with van der Waals surface area (Å²) in [6.45, 7) is 12.2. The average molecular weight is 291 g/mol. The quantitative estimate of drug-likeness (QED) is 0.799. The summed E-state index contributed by atoms with van der Waals surface area (Å²) in [5, 5.41) is 0. The number of rotatable bonds is 8. The first-order valence-corrected chi connectivity index (χ1v) is 7.97. The molecule has 3 heteroatoms. The minimum atomic E-state index is 0.0396. The highest BCUT2D eigenvalue weighted by Crippen LogP contribution is 2.32. The van der Waals surface area contributed by atoms with Crippen molar-refractivity contribution in [2.45, 2.75) is 39.8 Å². The number of hydrogen-bond donors (Lipinski definition) is 1. The van der Waals surface area contributed by atoms with Crippen LogP contribution in [0.4, 0.5) is 0 Å². The molecule has 0 saturated carbocycles. The lowest BCUT2D eigenvalue weighted by atomic mass is 9.80. The van der Waals surface area contributed by atoms with Crippen molar-refractivity contribution >= 4 is 0 Å². The molecule has 3 nitrogen and oxygen atoms in total. The van der Waals surface area contributed by atoms with Crippen LogP contribution in [0.15, 0.2) is 30.3 Å². The van der Waals surface area contributed by atoms with Crippen LogP contribution in [0.5, 0.6) is 0 Å². The molecule has 0 fully saturated rings. The van der Waals surface area contributed by atoms with Gasteiger partial charge in [-0.05, 0) is 38.5 Å². The summed E-state index contributed by atoms with van der Waals surface area (Å²) in [5.74, 6) is 0. The molecule has 0 aliphatic rings. The normalized spacial score (nSPS) is 15.5. The second kappa shape index (κ2) is 7.92. The van der Waals surface area contributed by atoms with Gasteiger partial charge >= 0.3 is 0 Å². The van der Waals surface area contributed by atoms with Gasteiger partial charge in [-0.1, -0.05) is 51.1 Å².